The maximum atomic E-state index is 4.29. The molecule has 0 N–H and O–H groups in total. The van der Waals surface area contributed by atoms with Crippen LogP contribution in [0.4, 0.5) is 0 Å². The number of aryl methyl sites for hydroxylation is 1. The van der Waals surface area contributed by atoms with Gasteiger partial charge in [-0.2, -0.15) is 5.10 Å². The van der Waals surface area contributed by atoms with Crippen molar-refractivity contribution >= 4 is 0 Å². The summed E-state index contributed by atoms with van der Waals surface area (Å²) in [5.74, 6) is 0.897. The summed E-state index contributed by atoms with van der Waals surface area (Å²) >= 11 is 0. The normalized spacial score (nSPS) is 20.2. The molecule has 2 rings (SSSR count). The zero-order valence-corrected chi connectivity index (χ0v) is 7.12. The van der Waals surface area contributed by atoms with E-state index in [2.05, 4.69) is 29.7 Å². The standard InChI is InChI=1S/C9H14N2/c1-7-5-6-10-11(7)8(2)9-3-4-9/h5-6,8-9H,3-4H2,1-2H3. The Hall–Kier alpha value is -0.790. The van der Waals surface area contributed by atoms with Gasteiger partial charge in [-0.25, -0.2) is 0 Å². The van der Waals surface area contributed by atoms with E-state index in [9.17, 15) is 0 Å². The predicted molar refractivity (Wildman–Crippen MR) is 44.4 cm³/mol. The van der Waals surface area contributed by atoms with Gasteiger partial charge in [-0.15, -0.1) is 0 Å². The highest BCUT2D eigenvalue weighted by atomic mass is 15.3. The Morgan fingerprint density at radius 1 is 1.64 bits per heavy atom. The highest BCUT2D eigenvalue weighted by Crippen LogP contribution is 2.39. The molecular weight excluding hydrogens is 136 g/mol. The van der Waals surface area contributed by atoms with E-state index < -0.39 is 0 Å². The average Bonchev–Trinajstić information content (AvgIpc) is 2.74. The molecular formula is C9H14N2. The van der Waals surface area contributed by atoms with E-state index in [0.29, 0.717) is 6.04 Å². The minimum Gasteiger partial charge on any atom is -0.267 e. The Morgan fingerprint density at radius 3 is 2.82 bits per heavy atom. The Balaban J connectivity index is 2.20. The Bertz CT molecular complexity index is 248. The van der Waals surface area contributed by atoms with Crippen LogP contribution in [0.25, 0.3) is 0 Å². The third kappa shape index (κ3) is 1.17. The smallest absolute Gasteiger partial charge is 0.0522 e. The Morgan fingerprint density at radius 2 is 2.36 bits per heavy atom. The predicted octanol–water partition coefficient (Wildman–Crippen LogP) is 2.16. The van der Waals surface area contributed by atoms with E-state index in [1.807, 2.05) is 6.20 Å². The van der Waals surface area contributed by atoms with Gasteiger partial charge in [0, 0.05) is 11.9 Å². The average molecular weight is 150 g/mol. The molecule has 1 fully saturated rings. The van der Waals surface area contributed by atoms with Crippen LogP contribution in [0.3, 0.4) is 0 Å². The second kappa shape index (κ2) is 2.36. The SMILES string of the molecule is Cc1ccnn1C(C)C1CC1. The Labute approximate surface area is 67.2 Å². The van der Waals surface area contributed by atoms with Crippen LogP contribution in [-0.4, -0.2) is 9.78 Å². The van der Waals surface area contributed by atoms with Crippen molar-refractivity contribution in [3.05, 3.63) is 18.0 Å². The minimum atomic E-state index is 0.616. The molecule has 2 nitrogen and oxygen atoms in total. The molecule has 0 bridgehead atoms. The van der Waals surface area contributed by atoms with Gasteiger partial charge in [-0.3, -0.25) is 4.68 Å². The van der Waals surface area contributed by atoms with Gasteiger partial charge in [0.25, 0.3) is 0 Å². The summed E-state index contributed by atoms with van der Waals surface area (Å²) in [7, 11) is 0. The Kier molecular flexibility index (Phi) is 1.48. The lowest BCUT2D eigenvalue weighted by molar-refractivity contribution is 0.431. The molecule has 1 aromatic heterocycles. The summed E-state index contributed by atoms with van der Waals surface area (Å²) in [6, 6.07) is 2.68. The summed E-state index contributed by atoms with van der Waals surface area (Å²) < 4.78 is 2.14. The van der Waals surface area contributed by atoms with Gasteiger partial charge in [-0.1, -0.05) is 0 Å². The number of aromatic nitrogens is 2. The van der Waals surface area contributed by atoms with Gasteiger partial charge in [0.1, 0.15) is 0 Å². The highest BCUT2D eigenvalue weighted by molar-refractivity contribution is 4.99. The zero-order valence-electron chi connectivity index (χ0n) is 7.12. The molecule has 1 saturated carbocycles. The molecule has 1 atom stereocenters. The second-order valence-corrected chi connectivity index (χ2v) is 3.50. The first-order chi connectivity index (χ1) is 5.29. The monoisotopic (exact) mass is 150 g/mol. The van der Waals surface area contributed by atoms with Crippen LogP contribution in [0.2, 0.25) is 0 Å². The van der Waals surface area contributed by atoms with Gasteiger partial charge in [0.15, 0.2) is 0 Å². The number of hydrogen-bond acceptors (Lipinski definition) is 1. The van der Waals surface area contributed by atoms with Crippen molar-refractivity contribution in [3.63, 3.8) is 0 Å². The van der Waals surface area contributed by atoms with Crippen LogP contribution in [0.15, 0.2) is 12.3 Å². The van der Waals surface area contributed by atoms with E-state index >= 15 is 0 Å². The first-order valence-electron chi connectivity index (χ1n) is 4.29. The first kappa shape index (κ1) is 6.89. The third-order valence-corrected chi connectivity index (χ3v) is 2.56. The molecule has 0 amide bonds. The molecule has 1 unspecified atom stereocenters. The van der Waals surface area contributed by atoms with Gasteiger partial charge in [-0.05, 0) is 38.7 Å². The van der Waals surface area contributed by atoms with Crippen molar-refractivity contribution < 1.29 is 0 Å². The summed E-state index contributed by atoms with van der Waals surface area (Å²) in [4.78, 5) is 0. The van der Waals surface area contributed by atoms with Crippen molar-refractivity contribution in [2.75, 3.05) is 0 Å². The van der Waals surface area contributed by atoms with E-state index in [-0.39, 0.29) is 0 Å². The van der Waals surface area contributed by atoms with Gasteiger partial charge < -0.3 is 0 Å². The topological polar surface area (TPSA) is 17.8 Å². The summed E-state index contributed by atoms with van der Waals surface area (Å²) in [6.07, 6.45) is 4.66. The number of nitrogens with zero attached hydrogens (tertiary/aromatic N) is 2. The second-order valence-electron chi connectivity index (χ2n) is 3.50. The van der Waals surface area contributed by atoms with Crippen LogP contribution >= 0.6 is 0 Å². The molecule has 0 aliphatic heterocycles. The van der Waals surface area contributed by atoms with E-state index in [4.69, 9.17) is 0 Å². The van der Waals surface area contributed by atoms with Gasteiger partial charge in [0.2, 0.25) is 0 Å². The van der Waals surface area contributed by atoms with Crippen LogP contribution < -0.4 is 0 Å². The molecule has 2 heteroatoms. The molecule has 0 saturated heterocycles. The molecule has 1 aliphatic rings. The van der Waals surface area contributed by atoms with E-state index in [1.54, 1.807) is 0 Å². The fourth-order valence-corrected chi connectivity index (χ4v) is 1.59. The molecule has 0 spiro atoms. The van der Waals surface area contributed by atoms with Crippen LogP contribution in [0.1, 0.15) is 31.5 Å². The summed E-state index contributed by atoms with van der Waals surface area (Å²) in [5, 5.41) is 4.29. The summed E-state index contributed by atoms with van der Waals surface area (Å²) in [5.41, 5.74) is 1.28. The number of rotatable bonds is 2. The van der Waals surface area contributed by atoms with E-state index in [0.717, 1.165) is 5.92 Å². The van der Waals surface area contributed by atoms with E-state index in [1.165, 1.54) is 18.5 Å². The van der Waals surface area contributed by atoms with Gasteiger partial charge >= 0.3 is 0 Å². The third-order valence-electron chi connectivity index (χ3n) is 2.56. The fourth-order valence-electron chi connectivity index (χ4n) is 1.59. The van der Waals surface area contributed by atoms with Crippen LogP contribution in [0.5, 0.6) is 0 Å². The molecule has 11 heavy (non-hydrogen) atoms. The van der Waals surface area contributed by atoms with Crippen LogP contribution in [0, 0.1) is 12.8 Å². The summed E-state index contributed by atoms with van der Waals surface area (Å²) in [6.45, 7) is 4.38. The lowest BCUT2D eigenvalue weighted by Gasteiger charge is -2.12. The number of hydrogen-bond donors (Lipinski definition) is 0. The molecule has 1 heterocycles. The maximum absolute atomic E-state index is 4.29. The minimum absolute atomic E-state index is 0.616. The van der Waals surface area contributed by atoms with Crippen molar-refractivity contribution in [3.8, 4) is 0 Å². The molecule has 0 radical (unpaired) electrons. The van der Waals surface area contributed by atoms with Gasteiger partial charge in [0.05, 0.1) is 6.04 Å². The maximum Gasteiger partial charge on any atom is 0.0522 e. The lowest BCUT2D eigenvalue weighted by atomic mass is 10.2. The highest BCUT2D eigenvalue weighted by Gasteiger charge is 2.29. The van der Waals surface area contributed by atoms with Crippen molar-refractivity contribution in [2.24, 2.45) is 5.92 Å². The molecule has 1 aromatic rings. The van der Waals surface area contributed by atoms with Crippen molar-refractivity contribution in [1.82, 2.24) is 9.78 Å². The molecule has 1 aliphatic carbocycles. The van der Waals surface area contributed by atoms with Crippen LogP contribution in [-0.2, 0) is 0 Å². The zero-order chi connectivity index (χ0) is 7.84. The van der Waals surface area contributed by atoms with Crippen molar-refractivity contribution in [1.29, 1.82) is 0 Å². The van der Waals surface area contributed by atoms with Crippen molar-refractivity contribution in [2.45, 2.75) is 32.7 Å². The first-order valence-corrected chi connectivity index (χ1v) is 4.29. The molecule has 0 aromatic carbocycles. The quantitative estimate of drug-likeness (QED) is 0.631. The molecule has 60 valence electrons. The largest absolute Gasteiger partial charge is 0.267 e. The fraction of sp³-hybridized carbons (Fsp3) is 0.667. The lowest BCUT2D eigenvalue weighted by Crippen LogP contribution is -2.09.